The van der Waals surface area contributed by atoms with E-state index in [2.05, 4.69) is 16.0 Å². The van der Waals surface area contributed by atoms with E-state index in [4.69, 9.17) is 4.74 Å². The van der Waals surface area contributed by atoms with E-state index < -0.39 is 0 Å². The van der Waals surface area contributed by atoms with E-state index in [9.17, 15) is 0 Å². The second-order valence-electron chi connectivity index (χ2n) is 3.32. The lowest BCUT2D eigenvalue weighted by Crippen LogP contribution is -2.30. The monoisotopic (exact) mass is 203 g/mol. The number of hydrogen-bond acceptors (Lipinski definition) is 4. The second kappa shape index (κ2) is 12.8. The molecule has 0 radical (unpaired) electrons. The van der Waals surface area contributed by atoms with Gasteiger partial charge >= 0.3 is 0 Å². The van der Waals surface area contributed by atoms with Crippen LogP contribution in [0.5, 0.6) is 0 Å². The third-order valence-corrected chi connectivity index (χ3v) is 1.80. The minimum Gasteiger partial charge on any atom is -0.379 e. The number of ether oxygens (including phenoxy) is 1. The van der Waals surface area contributed by atoms with Crippen LogP contribution < -0.4 is 16.0 Å². The van der Waals surface area contributed by atoms with Crippen LogP contribution in [0.25, 0.3) is 0 Å². The first-order valence-electron chi connectivity index (χ1n) is 5.49. The van der Waals surface area contributed by atoms with Gasteiger partial charge in [-0.15, -0.1) is 0 Å². The molecule has 0 amide bonds. The lowest BCUT2D eigenvalue weighted by molar-refractivity contribution is 0.109. The minimum absolute atomic E-state index is 0.889. The van der Waals surface area contributed by atoms with Crippen molar-refractivity contribution in [1.82, 2.24) is 16.0 Å². The molecule has 0 saturated carbocycles. The van der Waals surface area contributed by atoms with Crippen molar-refractivity contribution in [3.8, 4) is 0 Å². The Kier molecular flexibility index (Phi) is 12.7. The van der Waals surface area contributed by atoms with Crippen molar-refractivity contribution in [1.29, 1.82) is 0 Å². The van der Waals surface area contributed by atoms with Crippen molar-refractivity contribution in [3.05, 3.63) is 0 Å². The lowest BCUT2D eigenvalue weighted by atomic mass is 10.4. The molecule has 2 aliphatic heterocycles. The Hall–Kier alpha value is -0.160. The van der Waals surface area contributed by atoms with Crippen LogP contribution in [0.3, 0.4) is 0 Å². The number of nitrogens with one attached hydrogen (secondary N) is 3. The summed E-state index contributed by atoms with van der Waals surface area (Å²) in [7, 11) is 3.75. The van der Waals surface area contributed by atoms with Gasteiger partial charge in [0.2, 0.25) is 0 Å². The predicted octanol–water partition coefficient (Wildman–Crippen LogP) is -0.188. The van der Waals surface area contributed by atoms with Gasteiger partial charge in [-0.25, -0.2) is 0 Å². The van der Waals surface area contributed by atoms with Gasteiger partial charge in [0.05, 0.1) is 13.2 Å². The van der Waals surface area contributed by atoms with Gasteiger partial charge in [0, 0.05) is 13.1 Å². The highest BCUT2D eigenvalue weighted by atomic mass is 16.5. The van der Waals surface area contributed by atoms with Crippen molar-refractivity contribution in [2.75, 3.05) is 53.5 Å². The normalized spacial score (nSPS) is 20.1. The summed E-state index contributed by atoms with van der Waals surface area (Å²) in [4.78, 5) is 0. The molecule has 0 aromatic rings. The average Bonchev–Trinajstić information content (AvgIpc) is 2.80. The second-order valence-corrected chi connectivity index (χ2v) is 3.32. The van der Waals surface area contributed by atoms with E-state index in [-0.39, 0.29) is 0 Å². The molecule has 0 spiro atoms. The number of morpholine rings is 1. The molecule has 0 aliphatic carbocycles. The standard InChI is InChI=1S/C4H9NO.C4H9N.C2H7N/c1-3-6-4-2-5-1;1-2-4-5-3-1;1-3-2/h5H,1-4H2;5H,1-4H2;3H,1-2H3. The largest absolute Gasteiger partial charge is 0.379 e. The molecule has 14 heavy (non-hydrogen) atoms. The summed E-state index contributed by atoms with van der Waals surface area (Å²) in [6.45, 7) is 6.33. The van der Waals surface area contributed by atoms with E-state index in [1.807, 2.05) is 14.1 Å². The summed E-state index contributed by atoms with van der Waals surface area (Å²) >= 11 is 0. The van der Waals surface area contributed by atoms with Crippen LogP contribution in [0, 0.1) is 0 Å². The highest BCUT2D eigenvalue weighted by Crippen LogP contribution is 1.90. The molecule has 2 fully saturated rings. The number of hydrogen-bond donors (Lipinski definition) is 3. The molecule has 0 unspecified atom stereocenters. The SMILES string of the molecule is C1CCNC1.C1COCCN1.CNC. The van der Waals surface area contributed by atoms with Crippen LogP contribution in [-0.2, 0) is 4.74 Å². The molecular formula is C10H25N3O. The fourth-order valence-corrected chi connectivity index (χ4v) is 1.14. The van der Waals surface area contributed by atoms with Crippen molar-refractivity contribution < 1.29 is 4.74 Å². The molecule has 2 saturated heterocycles. The van der Waals surface area contributed by atoms with Gasteiger partial charge < -0.3 is 20.7 Å². The number of rotatable bonds is 0. The molecule has 2 rings (SSSR count). The van der Waals surface area contributed by atoms with E-state index in [1.54, 1.807) is 0 Å². The molecule has 0 bridgehead atoms. The van der Waals surface area contributed by atoms with Crippen molar-refractivity contribution in [3.63, 3.8) is 0 Å². The van der Waals surface area contributed by atoms with Crippen molar-refractivity contribution in [2.45, 2.75) is 12.8 Å². The third-order valence-electron chi connectivity index (χ3n) is 1.80. The third kappa shape index (κ3) is 11.8. The molecular weight excluding hydrogens is 178 g/mol. The summed E-state index contributed by atoms with van der Waals surface area (Å²) in [6, 6.07) is 0. The van der Waals surface area contributed by atoms with Crippen LogP contribution >= 0.6 is 0 Å². The van der Waals surface area contributed by atoms with Gasteiger partial charge in [-0.3, -0.25) is 0 Å². The van der Waals surface area contributed by atoms with Gasteiger partial charge in [0.25, 0.3) is 0 Å². The minimum atomic E-state index is 0.889. The summed E-state index contributed by atoms with van der Waals surface area (Å²) < 4.78 is 5.01. The van der Waals surface area contributed by atoms with Crippen molar-refractivity contribution in [2.24, 2.45) is 0 Å². The first-order chi connectivity index (χ1) is 6.91. The predicted molar refractivity (Wildman–Crippen MR) is 60.8 cm³/mol. The molecule has 4 nitrogen and oxygen atoms in total. The molecule has 4 heteroatoms. The quantitative estimate of drug-likeness (QED) is 0.511. The summed E-state index contributed by atoms with van der Waals surface area (Å²) in [5, 5.41) is 9.13. The van der Waals surface area contributed by atoms with Gasteiger partial charge in [0.1, 0.15) is 0 Å². The maximum atomic E-state index is 5.01. The van der Waals surface area contributed by atoms with E-state index in [0.717, 1.165) is 26.3 Å². The van der Waals surface area contributed by atoms with Gasteiger partial charge in [-0.05, 0) is 40.0 Å². The smallest absolute Gasteiger partial charge is 0.0591 e. The molecule has 2 heterocycles. The van der Waals surface area contributed by atoms with E-state index >= 15 is 0 Å². The van der Waals surface area contributed by atoms with Crippen LogP contribution in [0.2, 0.25) is 0 Å². The maximum absolute atomic E-state index is 5.01. The zero-order valence-corrected chi connectivity index (χ0v) is 9.57. The van der Waals surface area contributed by atoms with Crippen LogP contribution in [-0.4, -0.2) is 53.5 Å². The average molecular weight is 203 g/mol. The first-order valence-corrected chi connectivity index (χ1v) is 5.49. The molecule has 0 aromatic carbocycles. The summed E-state index contributed by atoms with van der Waals surface area (Å²) in [5.41, 5.74) is 0. The Morgan fingerprint density at radius 2 is 1.29 bits per heavy atom. The summed E-state index contributed by atoms with van der Waals surface area (Å²) in [5.74, 6) is 0. The molecule has 0 aromatic heterocycles. The summed E-state index contributed by atoms with van der Waals surface area (Å²) in [6.07, 6.45) is 2.78. The van der Waals surface area contributed by atoms with Gasteiger partial charge in [-0.1, -0.05) is 0 Å². The maximum Gasteiger partial charge on any atom is 0.0591 e. The first kappa shape index (κ1) is 13.8. The highest BCUT2D eigenvalue weighted by Gasteiger charge is 1.93. The zero-order valence-electron chi connectivity index (χ0n) is 9.57. The highest BCUT2D eigenvalue weighted by molar-refractivity contribution is 4.55. The molecule has 86 valence electrons. The molecule has 0 atom stereocenters. The molecule has 2 aliphatic rings. The van der Waals surface area contributed by atoms with Gasteiger partial charge in [-0.2, -0.15) is 0 Å². The Bertz CT molecular complexity index is 74.2. The fraction of sp³-hybridized carbons (Fsp3) is 1.00. The van der Waals surface area contributed by atoms with E-state index in [0.29, 0.717) is 0 Å². The Balaban J connectivity index is 0.000000193. The Labute approximate surface area is 87.8 Å². The van der Waals surface area contributed by atoms with Crippen LogP contribution in [0.1, 0.15) is 12.8 Å². The van der Waals surface area contributed by atoms with Crippen LogP contribution in [0.4, 0.5) is 0 Å². The zero-order chi connectivity index (χ0) is 10.5. The Morgan fingerprint density at radius 3 is 1.43 bits per heavy atom. The van der Waals surface area contributed by atoms with Gasteiger partial charge in [0.15, 0.2) is 0 Å². The molecule has 3 N–H and O–H groups in total. The fourth-order valence-electron chi connectivity index (χ4n) is 1.14. The topological polar surface area (TPSA) is 45.3 Å². The lowest BCUT2D eigenvalue weighted by Gasteiger charge is -2.10. The van der Waals surface area contributed by atoms with Crippen LogP contribution in [0.15, 0.2) is 0 Å². The van der Waals surface area contributed by atoms with E-state index in [1.165, 1.54) is 25.9 Å². The van der Waals surface area contributed by atoms with Crippen molar-refractivity contribution >= 4 is 0 Å². The Morgan fingerprint density at radius 1 is 0.857 bits per heavy atom.